The van der Waals surface area contributed by atoms with Crippen LogP contribution in [0.4, 0.5) is 4.39 Å². The highest BCUT2D eigenvalue weighted by Gasteiger charge is 2.21. The first kappa shape index (κ1) is 12.8. The lowest BCUT2D eigenvalue weighted by atomic mass is 9.78. The van der Waals surface area contributed by atoms with Gasteiger partial charge in [-0.25, -0.2) is 4.39 Å². The monoisotopic (exact) mass is 243 g/mol. The number of nitriles is 1. The van der Waals surface area contributed by atoms with E-state index in [9.17, 15) is 4.39 Å². The first-order valence-corrected chi connectivity index (χ1v) is 6.57. The molecule has 1 aromatic carbocycles. The Hall–Kier alpha value is -1.62. The van der Waals surface area contributed by atoms with Crippen LogP contribution in [0.25, 0.3) is 0 Å². The highest BCUT2D eigenvalue weighted by Crippen LogP contribution is 2.36. The Kier molecular flexibility index (Phi) is 4.15. The molecule has 1 aliphatic carbocycles. The summed E-state index contributed by atoms with van der Waals surface area (Å²) in [5.74, 6) is 0.758. The molecular weight excluding hydrogens is 225 g/mol. The van der Waals surface area contributed by atoms with Gasteiger partial charge in [0.15, 0.2) is 0 Å². The quantitative estimate of drug-likeness (QED) is 0.699. The van der Waals surface area contributed by atoms with Gasteiger partial charge in [0, 0.05) is 0 Å². The molecule has 2 heteroatoms. The molecule has 1 aliphatic rings. The molecule has 0 aromatic heterocycles. The molecule has 2 rings (SSSR count). The maximum absolute atomic E-state index is 13.6. The molecular formula is C16H18FN. The van der Waals surface area contributed by atoms with Crippen LogP contribution in [0.5, 0.6) is 0 Å². The van der Waals surface area contributed by atoms with Crippen molar-refractivity contribution in [3.63, 3.8) is 0 Å². The summed E-state index contributed by atoms with van der Waals surface area (Å²) >= 11 is 0. The minimum Gasteiger partial charge on any atom is -0.206 e. The van der Waals surface area contributed by atoms with Gasteiger partial charge in [0.25, 0.3) is 0 Å². The SMILES string of the molecule is C/C=C\[C@H]1CC[C@H](c2ccc(C#N)c(F)c2)CC1. The minimum absolute atomic E-state index is 0.140. The lowest BCUT2D eigenvalue weighted by Crippen LogP contribution is -2.12. The second-order valence-corrected chi connectivity index (χ2v) is 4.99. The van der Waals surface area contributed by atoms with Gasteiger partial charge in [-0.15, -0.1) is 0 Å². The second kappa shape index (κ2) is 5.82. The van der Waals surface area contributed by atoms with Crippen LogP contribution < -0.4 is 0 Å². The summed E-state index contributed by atoms with van der Waals surface area (Å²) in [6.45, 7) is 2.06. The minimum atomic E-state index is -0.384. The van der Waals surface area contributed by atoms with Crippen molar-refractivity contribution in [2.45, 2.75) is 38.5 Å². The number of halogens is 1. The fraction of sp³-hybridized carbons (Fsp3) is 0.438. The maximum Gasteiger partial charge on any atom is 0.141 e. The molecule has 0 radical (unpaired) electrons. The number of benzene rings is 1. The maximum atomic E-state index is 13.6. The molecule has 1 saturated carbocycles. The third-order valence-corrected chi connectivity index (χ3v) is 3.82. The number of rotatable bonds is 2. The lowest BCUT2D eigenvalue weighted by molar-refractivity contribution is 0.375. The Morgan fingerprint density at radius 3 is 2.56 bits per heavy atom. The molecule has 0 N–H and O–H groups in total. The average Bonchev–Trinajstić information content (AvgIpc) is 2.40. The van der Waals surface area contributed by atoms with Gasteiger partial charge in [-0.2, -0.15) is 5.26 Å². The fourth-order valence-electron chi connectivity index (χ4n) is 2.79. The van der Waals surface area contributed by atoms with Crippen molar-refractivity contribution in [1.29, 1.82) is 5.26 Å². The van der Waals surface area contributed by atoms with Gasteiger partial charge in [0.1, 0.15) is 11.9 Å². The summed E-state index contributed by atoms with van der Waals surface area (Å²) in [5.41, 5.74) is 1.19. The van der Waals surface area contributed by atoms with Gasteiger partial charge in [-0.05, 0) is 62.1 Å². The van der Waals surface area contributed by atoms with Crippen molar-refractivity contribution in [3.8, 4) is 6.07 Å². The van der Waals surface area contributed by atoms with Crippen molar-refractivity contribution in [2.24, 2.45) is 5.92 Å². The van der Waals surface area contributed by atoms with Crippen molar-refractivity contribution < 1.29 is 4.39 Å². The van der Waals surface area contributed by atoms with Crippen LogP contribution in [0, 0.1) is 23.1 Å². The summed E-state index contributed by atoms with van der Waals surface area (Å²) in [6, 6.07) is 6.91. The van der Waals surface area contributed by atoms with Crippen molar-refractivity contribution in [3.05, 3.63) is 47.3 Å². The van der Waals surface area contributed by atoms with Gasteiger partial charge < -0.3 is 0 Å². The normalized spacial score (nSPS) is 24.1. The van der Waals surface area contributed by atoms with E-state index in [2.05, 4.69) is 19.1 Å². The summed E-state index contributed by atoms with van der Waals surface area (Å²) in [6.07, 6.45) is 8.97. The van der Waals surface area contributed by atoms with Crippen LogP contribution >= 0.6 is 0 Å². The largest absolute Gasteiger partial charge is 0.206 e. The molecule has 0 aliphatic heterocycles. The third-order valence-electron chi connectivity index (χ3n) is 3.82. The van der Waals surface area contributed by atoms with Crippen LogP contribution in [0.2, 0.25) is 0 Å². The van der Waals surface area contributed by atoms with Crippen molar-refractivity contribution in [2.75, 3.05) is 0 Å². The van der Waals surface area contributed by atoms with Crippen LogP contribution in [-0.4, -0.2) is 0 Å². The Bertz CT molecular complexity index is 476. The summed E-state index contributed by atoms with van der Waals surface area (Å²) in [4.78, 5) is 0. The number of hydrogen-bond acceptors (Lipinski definition) is 1. The van der Waals surface area contributed by atoms with Gasteiger partial charge in [-0.1, -0.05) is 18.2 Å². The molecule has 1 nitrogen and oxygen atoms in total. The molecule has 0 saturated heterocycles. The topological polar surface area (TPSA) is 23.8 Å². The summed E-state index contributed by atoms with van der Waals surface area (Å²) < 4.78 is 13.6. The zero-order valence-electron chi connectivity index (χ0n) is 10.7. The molecule has 0 unspecified atom stereocenters. The zero-order chi connectivity index (χ0) is 13.0. The van der Waals surface area contributed by atoms with Crippen LogP contribution in [0.1, 0.15) is 49.7 Å². The molecule has 94 valence electrons. The summed E-state index contributed by atoms with van der Waals surface area (Å²) in [5, 5.41) is 8.72. The highest BCUT2D eigenvalue weighted by molar-refractivity contribution is 5.34. The predicted octanol–water partition coefficient (Wildman–Crippen LogP) is 4.55. The van der Waals surface area contributed by atoms with E-state index < -0.39 is 0 Å². The van der Waals surface area contributed by atoms with Gasteiger partial charge in [-0.3, -0.25) is 0 Å². The molecule has 0 atom stereocenters. The van der Waals surface area contributed by atoms with Crippen LogP contribution in [0.3, 0.4) is 0 Å². The Balaban J connectivity index is 2.06. The van der Waals surface area contributed by atoms with E-state index >= 15 is 0 Å². The van der Waals surface area contributed by atoms with E-state index in [1.807, 2.05) is 12.1 Å². The molecule has 1 aromatic rings. The Labute approximate surface area is 108 Å². The standard InChI is InChI=1S/C16H18FN/c1-2-3-12-4-6-13(7-5-12)14-8-9-15(11-18)16(17)10-14/h2-3,8-10,12-13H,4-7H2,1H3/b3-2-/t12-,13-. The first-order valence-electron chi connectivity index (χ1n) is 6.57. The lowest BCUT2D eigenvalue weighted by Gasteiger charge is -2.27. The van der Waals surface area contributed by atoms with E-state index in [1.165, 1.54) is 12.8 Å². The van der Waals surface area contributed by atoms with Gasteiger partial charge >= 0.3 is 0 Å². The van der Waals surface area contributed by atoms with Gasteiger partial charge in [0.2, 0.25) is 0 Å². The molecule has 1 fully saturated rings. The van der Waals surface area contributed by atoms with Crippen molar-refractivity contribution in [1.82, 2.24) is 0 Å². The predicted molar refractivity (Wildman–Crippen MR) is 70.6 cm³/mol. The number of nitrogens with zero attached hydrogens (tertiary/aromatic N) is 1. The van der Waals surface area contributed by atoms with E-state index in [1.54, 1.807) is 12.1 Å². The Morgan fingerprint density at radius 1 is 1.28 bits per heavy atom. The van der Waals surface area contributed by atoms with Gasteiger partial charge in [0.05, 0.1) is 5.56 Å². The second-order valence-electron chi connectivity index (χ2n) is 4.99. The third kappa shape index (κ3) is 2.79. The van der Waals surface area contributed by atoms with E-state index in [0.717, 1.165) is 18.4 Å². The number of allylic oxidation sites excluding steroid dienone is 2. The van der Waals surface area contributed by atoms with E-state index in [4.69, 9.17) is 5.26 Å². The number of hydrogen-bond donors (Lipinski definition) is 0. The summed E-state index contributed by atoms with van der Waals surface area (Å²) in [7, 11) is 0. The highest BCUT2D eigenvalue weighted by atomic mass is 19.1. The molecule has 0 amide bonds. The Morgan fingerprint density at radius 2 is 2.00 bits per heavy atom. The average molecular weight is 243 g/mol. The molecule has 0 heterocycles. The van der Waals surface area contributed by atoms with Crippen LogP contribution in [-0.2, 0) is 0 Å². The van der Waals surface area contributed by atoms with Crippen molar-refractivity contribution >= 4 is 0 Å². The molecule has 0 bridgehead atoms. The fourth-order valence-corrected chi connectivity index (χ4v) is 2.79. The zero-order valence-corrected chi connectivity index (χ0v) is 10.7. The van der Waals surface area contributed by atoms with Crippen LogP contribution in [0.15, 0.2) is 30.4 Å². The smallest absolute Gasteiger partial charge is 0.141 e. The molecule has 18 heavy (non-hydrogen) atoms. The first-order chi connectivity index (χ1) is 8.74. The molecule has 0 spiro atoms. The van der Waals surface area contributed by atoms with E-state index in [-0.39, 0.29) is 11.4 Å². The van der Waals surface area contributed by atoms with E-state index in [0.29, 0.717) is 11.8 Å².